The summed E-state index contributed by atoms with van der Waals surface area (Å²) in [7, 11) is 2.00. The fourth-order valence-corrected chi connectivity index (χ4v) is 3.24. The van der Waals surface area contributed by atoms with Crippen LogP contribution in [0, 0.1) is 4.77 Å². The van der Waals surface area contributed by atoms with Crippen LogP contribution < -0.4 is 0 Å². The third kappa shape index (κ3) is 2.90. The van der Waals surface area contributed by atoms with Gasteiger partial charge in [-0.1, -0.05) is 13.3 Å². The van der Waals surface area contributed by atoms with Crippen molar-refractivity contribution in [2.75, 3.05) is 32.8 Å². The Kier molecular flexibility index (Phi) is 4.42. The van der Waals surface area contributed by atoms with Gasteiger partial charge in [0.05, 0.1) is 18.9 Å². The zero-order valence-corrected chi connectivity index (χ0v) is 13.6. The second-order valence-corrected chi connectivity index (χ2v) is 5.94. The highest BCUT2D eigenvalue weighted by atomic mass is 32.1. The van der Waals surface area contributed by atoms with Gasteiger partial charge in [0.2, 0.25) is 0 Å². The number of aromatic amines is 1. The first-order chi connectivity index (χ1) is 10.2. The lowest BCUT2D eigenvalue weighted by Gasteiger charge is -2.26. The standard InChI is InChI=1S/C14H23N5OS/c1-3-4-11-12-13(17(2)16-11)19(14(21)15-12)6-5-18-7-9-20-10-8-18/h3-10H2,1-2H3,(H,15,21). The van der Waals surface area contributed by atoms with Crippen molar-refractivity contribution in [3.05, 3.63) is 10.5 Å². The van der Waals surface area contributed by atoms with Crippen molar-refractivity contribution < 1.29 is 4.74 Å². The smallest absolute Gasteiger partial charge is 0.179 e. The lowest BCUT2D eigenvalue weighted by Crippen LogP contribution is -2.38. The van der Waals surface area contributed by atoms with E-state index in [1.807, 2.05) is 11.7 Å². The van der Waals surface area contributed by atoms with E-state index in [1.165, 1.54) is 0 Å². The number of fused-ring (bicyclic) bond motifs is 1. The number of morpholine rings is 1. The molecular weight excluding hydrogens is 286 g/mol. The fourth-order valence-electron chi connectivity index (χ4n) is 2.96. The van der Waals surface area contributed by atoms with Gasteiger partial charge in [-0.05, 0) is 18.6 Å². The summed E-state index contributed by atoms with van der Waals surface area (Å²) in [5.74, 6) is 0. The topological polar surface area (TPSA) is 51.0 Å². The first-order valence-corrected chi connectivity index (χ1v) is 8.06. The second kappa shape index (κ2) is 6.29. The van der Waals surface area contributed by atoms with Crippen LogP contribution in [0.25, 0.3) is 11.2 Å². The maximum atomic E-state index is 5.50. The number of hydrogen-bond acceptors (Lipinski definition) is 4. The number of ether oxygens (including phenoxy) is 1. The predicted octanol–water partition coefficient (Wildman–Crippen LogP) is 1.72. The minimum Gasteiger partial charge on any atom is -0.379 e. The van der Waals surface area contributed by atoms with Gasteiger partial charge in [0.25, 0.3) is 0 Å². The Labute approximate surface area is 129 Å². The van der Waals surface area contributed by atoms with Gasteiger partial charge < -0.3 is 14.3 Å². The number of H-pyrrole nitrogens is 1. The lowest BCUT2D eigenvalue weighted by molar-refractivity contribution is 0.0364. The number of aromatic nitrogens is 4. The molecule has 0 radical (unpaired) electrons. The number of imidazole rings is 1. The summed E-state index contributed by atoms with van der Waals surface area (Å²) in [5, 5.41) is 4.62. The van der Waals surface area contributed by atoms with E-state index < -0.39 is 0 Å². The van der Waals surface area contributed by atoms with Crippen molar-refractivity contribution >= 4 is 23.4 Å². The van der Waals surface area contributed by atoms with E-state index in [2.05, 4.69) is 26.5 Å². The normalized spacial score (nSPS) is 16.9. The molecule has 21 heavy (non-hydrogen) atoms. The van der Waals surface area contributed by atoms with E-state index in [1.54, 1.807) is 0 Å². The molecule has 0 unspecified atom stereocenters. The molecule has 0 spiro atoms. The predicted molar refractivity (Wildman–Crippen MR) is 85.1 cm³/mol. The number of hydrogen-bond donors (Lipinski definition) is 1. The molecule has 1 saturated heterocycles. The Morgan fingerprint density at radius 3 is 2.76 bits per heavy atom. The average molecular weight is 309 g/mol. The highest BCUT2D eigenvalue weighted by Gasteiger charge is 2.16. The largest absolute Gasteiger partial charge is 0.379 e. The Morgan fingerprint density at radius 1 is 1.29 bits per heavy atom. The molecule has 0 atom stereocenters. The summed E-state index contributed by atoms with van der Waals surface area (Å²) in [6, 6.07) is 0. The van der Waals surface area contributed by atoms with Crippen molar-refractivity contribution in [2.45, 2.75) is 26.3 Å². The minimum atomic E-state index is 0.795. The number of nitrogens with zero attached hydrogens (tertiary/aromatic N) is 4. The van der Waals surface area contributed by atoms with E-state index in [4.69, 9.17) is 17.0 Å². The van der Waals surface area contributed by atoms with Crippen LogP contribution >= 0.6 is 12.2 Å². The molecule has 0 aliphatic carbocycles. The molecule has 1 aliphatic heterocycles. The first-order valence-electron chi connectivity index (χ1n) is 7.65. The van der Waals surface area contributed by atoms with Crippen LogP contribution in [0.3, 0.4) is 0 Å². The summed E-state index contributed by atoms with van der Waals surface area (Å²) < 4.78 is 10.3. The van der Waals surface area contributed by atoms with E-state index >= 15 is 0 Å². The van der Waals surface area contributed by atoms with Gasteiger partial charge in [0, 0.05) is 33.2 Å². The maximum Gasteiger partial charge on any atom is 0.179 e. The summed E-state index contributed by atoms with van der Waals surface area (Å²) in [6.07, 6.45) is 2.07. The van der Waals surface area contributed by atoms with Gasteiger partial charge in [-0.2, -0.15) is 5.10 Å². The highest BCUT2D eigenvalue weighted by Crippen LogP contribution is 2.19. The van der Waals surface area contributed by atoms with E-state index in [0.717, 1.165) is 73.9 Å². The molecule has 1 N–H and O–H groups in total. The Balaban J connectivity index is 1.84. The minimum absolute atomic E-state index is 0.795. The molecule has 6 nitrogen and oxygen atoms in total. The van der Waals surface area contributed by atoms with Gasteiger partial charge >= 0.3 is 0 Å². The van der Waals surface area contributed by atoms with Crippen LogP contribution in [0.5, 0.6) is 0 Å². The zero-order chi connectivity index (χ0) is 14.8. The van der Waals surface area contributed by atoms with Gasteiger partial charge in [0.1, 0.15) is 5.52 Å². The molecule has 0 aromatic carbocycles. The summed E-state index contributed by atoms with van der Waals surface area (Å²) >= 11 is 5.50. The molecule has 7 heteroatoms. The zero-order valence-electron chi connectivity index (χ0n) is 12.8. The highest BCUT2D eigenvalue weighted by molar-refractivity contribution is 7.71. The second-order valence-electron chi connectivity index (χ2n) is 5.55. The monoisotopic (exact) mass is 309 g/mol. The molecule has 1 aliphatic rings. The fraction of sp³-hybridized carbons (Fsp3) is 0.714. The third-order valence-corrected chi connectivity index (χ3v) is 4.37. The molecular formula is C14H23N5OS. The number of nitrogens with one attached hydrogen (secondary N) is 1. The molecule has 3 heterocycles. The van der Waals surface area contributed by atoms with Crippen molar-refractivity contribution in [3.63, 3.8) is 0 Å². The molecule has 0 saturated carbocycles. The molecule has 1 fully saturated rings. The van der Waals surface area contributed by atoms with Crippen molar-refractivity contribution in [1.29, 1.82) is 0 Å². The summed E-state index contributed by atoms with van der Waals surface area (Å²) in [4.78, 5) is 5.76. The Hall–Kier alpha value is -1.18. The van der Waals surface area contributed by atoms with E-state index in [9.17, 15) is 0 Å². The maximum absolute atomic E-state index is 5.50. The van der Waals surface area contributed by atoms with Gasteiger partial charge in [-0.25, -0.2) is 0 Å². The van der Waals surface area contributed by atoms with Crippen LogP contribution in [0.2, 0.25) is 0 Å². The molecule has 3 rings (SSSR count). The lowest BCUT2D eigenvalue weighted by atomic mass is 10.2. The van der Waals surface area contributed by atoms with Crippen LogP contribution in [0.4, 0.5) is 0 Å². The van der Waals surface area contributed by atoms with Crippen molar-refractivity contribution in [3.8, 4) is 0 Å². The van der Waals surface area contributed by atoms with Crippen molar-refractivity contribution in [2.24, 2.45) is 7.05 Å². The Morgan fingerprint density at radius 2 is 2.05 bits per heavy atom. The quantitative estimate of drug-likeness (QED) is 0.855. The SMILES string of the molecule is CCCc1nn(C)c2c1[nH]c(=S)n2CCN1CCOCC1. The third-order valence-electron chi connectivity index (χ3n) is 4.05. The molecule has 116 valence electrons. The average Bonchev–Trinajstić information content (AvgIpc) is 2.96. The molecule has 2 aromatic rings. The van der Waals surface area contributed by atoms with Crippen molar-refractivity contribution in [1.82, 2.24) is 24.2 Å². The van der Waals surface area contributed by atoms with E-state index in [0.29, 0.717) is 0 Å². The van der Waals surface area contributed by atoms with Gasteiger partial charge in [0.15, 0.2) is 10.4 Å². The van der Waals surface area contributed by atoms with Crippen LogP contribution in [-0.4, -0.2) is 57.1 Å². The van der Waals surface area contributed by atoms with Crippen LogP contribution in [0.1, 0.15) is 19.0 Å². The Bertz CT molecular complexity index is 665. The van der Waals surface area contributed by atoms with Crippen LogP contribution in [0.15, 0.2) is 0 Å². The van der Waals surface area contributed by atoms with Crippen LogP contribution in [-0.2, 0) is 24.8 Å². The molecule has 2 aromatic heterocycles. The summed E-state index contributed by atoms with van der Waals surface area (Å²) in [6.45, 7) is 7.74. The number of aryl methyl sites for hydroxylation is 2. The molecule has 0 amide bonds. The number of rotatable bonds is 5. The summed E-state index contributed by atoms with van der Waals surface area (Å²) in [5.41, 5.74) is 3.33. The van der Waals surface area contributed by atoms with Gasteiger partial charge in [-0.3, -0.25) is 9.58 Å². The van der Waals surface area contributed by atoms with Gasteiger partial charge in [-0.15, -0.1) is 0 Å². The van der Waals surface area contributed by atoms with E-state index in [-0.39, 0.29) is 0 Å². The first kappa shape index (κ1) is 14.7. The molecule has 0 bridgehead atoms.